The van der Waals surface area contributed by atoms with Crippen molar-refractivity contribution >= 4 is 21.6 Å². The second-order valence-electron chi connectivity index (χ2n) is 5.55. The summed E-state index contributed by atoms with van der Waals surface area (Å²) in [7, 11) is 3.73. The topological polar surface area (TPSA) is 24.5 Å². The third-order valence-corrected chi connectivity index (χ3v) is 4.09. The van der Waals surface area contributed by atoms with E-state index in [0.717, 1.165) is 24.2 Å². The predicted octanol–water partition coefficient (Wildman–Crippen LogP) is 3.84. The van der Waals surface area contributed by atoms with Gasteiger partial charge in [-0.25, -0.2) is 0 Å². The maximum atomic E-state index is 5.22. The van der Waals surface area contributed by atoms with E-state index < -0.39 is 0 Å². The van der Waals surface area contributed by atoms with Crippen molar-refractivity contribution in [2.75, 3.05) is 38.8 Å². The van der Waals surface area contributed by atoms with E-state index in [9.17, 15) is 0 Å². The molecule has 1 rings (SSSR count). The second kappa shape index (κ2) is 8.65. The maximum Gasteiger partial charge on any atom is 0.0637 e. The van der Waals surface area contributed by atoms with Crippen molar-refractivity contribution in [3.05, 3.63) is 28.2 Å². The smallest absolute Gasteiger partial charge is 0.0637 e. The number of nitrogens with one attached hydrogen (secondary N) is 1. The van der Waals surface area contributed by atoms with Gasteiger partial charge in [-0.1, -0.05) is 35.8 Å². The minimum absolute atomic E-state index is 0.343. The lowest BCUT2D eigenvalue weighted by molar-refractivity contribution is 0.204. The van der Waals surface area contributed by atoms with Crippen molar-refractivity contribution in [1.29, 1.82) is 0 Å². The van der Waals surface area contributed by atoms with Crippen molar-refractivity contribution in [2.24, 2.45) is 5.92 Å². The van der Waals surface area contributed by atoms with Gasteiger partial charge in [-0.15, -0.1) is 0 Å². The Balaban J connectivity index is 2.93. The summed E-state index contributed by atoms with van der Waals surface area (Å²) in [4.78, 5) is 2.38. The fraction of sp³-hybridized carbons (Fsp3) is 0.625. The summed E-state index contributed by atoms with van der Waals surface area (Å²) in [5.74, 6) is 0.626. The van der Waals surface area contributed by atoms with E-state index in [1.165, 1.54) is 11.3 Å². The van der Waals surface area contributed by atoms with Crippen LogP contribution in [0.3, 0.4) is 0 Å². The first kappa shape index (κ1) is 17.5. The Hall–Kier alpha value is -0.580. The molecule has 0 amide bonds. The Morgan fingerprint density at radius 1 is 1.30 bits per heavy atom. The summed E-state index contributed by atoms with van der Waals surface area (Å²) in [6.07, 6.45) is 0. The van der Waals surface area contributed by atoms with Gasteiger partial charge in [-0.05, 0) is 37.6 Å². The molecule has 0 radical (unpaired) electrons. The lowest BCUT2D eigenvalue weighted by Gasteiger charge is -2.27. The zero-order chi connectivity index (χ0) is 15.1. The third kappa shape index (κ3) is 5.08. The molecule has 1 unspecified atom stereocenters. The van der Waals surface area contributed by atoms with Crippen LogP contribution in [0.2, 0.25) is 0 Å². The van der Waals surface area contributed by atoms with Gasteiger partial charge in [0.1, 0.15) is 0 Å². The Morgan fingerprint density at radius 3 is 2.50 bits per heavy atom. The van der Waals surface area contributed by atoms with Crippen LogP contribution in [0.4, 0.5) is 5.69 Å². The molecule has 0 heterocycles. The van der Waals surface area contributed by atoms with Gasteiger partial charge in [-0.3, -0.25) is 0 Å². The van der Waals surface area contributed by atoms with E-state index in [1.807, 2.05) is 7.05 Å². The molecule has 1 aromatic carbocycles. The number of anilines is 1. The number of methoxy groups -OCH3 is 1. The molecule has 4 heteroatoms. The van der Waals surface area contributed by atoms with Crippen LogP contribution in [0.1, 0.15) is 32.4 Å². The van der Waals surface area contributed by atoms with Crippen LogP contribution in [0.25, 0.3) is 0 Å². The molecule has 0 saturated carbocycles. The van der Waals surface area contributed by atoms with Crippen LogP contribution in [-0.4, -0.2) is 33.9 Å². The monoisotopic (exact) mass is 342 g/mol. The van der Waals surface area contributed by atoms with Crippen LogP contribution in [0.5, 0.6) is 0 Å². The fourth-order valence-electron chi connectivity index (χ4n) is 2.19. The van der Waals surface area contributed by atoms with E-state index in [2.05, 4.69) is 65.1 Å². The van der Waals surface area contributed by atoms with Crippen LogP contribution in [-0.2, 0) is 4.74 Å². The Morgan fingerprint density at radius 2 is 2.00 bits per heavy atom. The number of hydrogen-bond acceptors (Lipinski definition) is 3. The van der Waals surface area contributed by atoms with E-state index in [0.29, 0.717) is 12.0 Å². The summed E-state index contributed by atoms with van der Waals surface area (Å²) in [5.41, 5.74) is 2.53. The summed E-state index contributed by atoms with van der Waals surface area (Å²) in [5, 5.41) is 3.27. The number of hydrogen-bond donors (Lipinski definition) is 1. The molecule has 0 aliphatic carbocycles. The van der Waals surface area contributed by atoms with Gasteiger partial charge in [0.15, 0.2) is 0 Å². The van der Waals surface area contributed by atoms with Gasteiger partial charge in [0.2, 0.25) is 0 Å². The second-order valence-corrected chi connectivity index (χ2v) is 6.40. The first-order valence-corrected chi connectivity index (χ1v) is 7.99. The minimum atomic E-state index is 0.343. The Bertz CT molecular complexity index is 409. The zero-order valence-corrected chi connectivity index (χ0v) is 14.8. The molecule has 0 aliphatic rings. The maximum absolute atomic E-state index is 5.22. The predicted molar refractivity (Wildman–Crippen MR) is 90.5 cm³/mol. The third-order valence-electron chi connectivity index (χ3n) is 3.40. The summed E-state index contributed by atoms with van der Waals surface area (Å²) in [6.45, 7) is 9.35. The average molecular weight is 343 g/mol. The molecule has 0 fully saturated rings. The van der Waals surface area contributed by atoms with Crippen molar-refractivity contribution in [3.8, 4) is 0 Å². The number of rotatable bonds is 8. The highest BCUT2D eigenvalue weighted by molar-refractivity contribution is 9.10. The normalized spacial score (nSPS) is 12.8. The van der Waals surface area contributed by atoms with Gasteiger partial charge in [0.05, 0.1) is 6.61 Å². The number of ether oxygens (including phenoxy) is 1. The van der Waals surface area contributed by atoms with E-state index in [-0.39, 0.29) is 0 Å². The number of nitrogens with zero attached hydrogens (tertiary/aromatic N) is 1. The molecule has 0 saturated heterocycles. The molecule has 20 heavy (non-hydrogen) atoms. The number of halogens is 1. The number of benzene rings is 1. The molecular formula is C16H27BrN2O. The van der Waals surface area contributed by atoms with Gasteiger partial charge in [0.25, 0.3) is 0 Å². The van der Waals surface area contributed by atoms with E-state index in [1.54, 1.807) is 7.11 Å². The molecular weight excluding hydrogens is 316 g/mol. The van der Waals surface area contributed by atoms with Crippen molar-refractivity contribution in [2.45, 2.75) is 26.8 Å². The summed E-state index contributed by atoms with van der Waals surface area (Å²) < 4.78 is 6.38. The van der Waals surface area contributed by atoms with Gasteiger partial charge < -0.3 is 15.0 Å². The summed E-state index contributed by atoms with van der Waals surface area (Å²) >= 11 is 3.69. The molecule has 0 aromatic heterocycles. The molecule has 0 aliphatic heterocycles. The highest BCUT2D eigenvalue weighted by Crippen LogP contribution is 2.28. The standard InChI is InChI=1S/C16H27BrN2O/c1-12(2)11-19(8-9-20-5)14-6-7-15(13(3)18-4)16(17)10-14/h6-7,10,12-13,18H,8-9,11H2,1-5H3. The van der Waals surface area contributed by atoms with Crippen molar-refractivity contribution in [3.63, 3.8) is 0 Å². The molecule has 3 nitrogen and oxygen atoms in total. The van der Waals surface area contributed by atoms with Crippen molar-refractivity contribution in [1.82, 2.24) is 5.32 Å². The Kier molecular flexibility index (Phi) is 7.56. The molecule has 0 spiro atoms. The quantitative estimate of drug-likeness (QED) is 0.776. The molecule has 0 bridgehead atoms. The average Bonchev–Trinajstić information content (AvgIpc) is 2.42. The Labute approximate surface area is 131 Å². The van der Waals surface area contributed by atoms with Crippen molar-refractivity contribution < 1.29 is 4.74 Å². The minimum Gasteiger partial charge on any atom is -0.383 e. The van der Waals surface area contributed by atoms with E-state index in [4.69, 9.17) is 4.74 Å². The van der Waals surface area contributed by atoms with Crippen LogP contribution >= 0.6 is 15.9 Å². The molecule has 1 N–H and O–H groups in total. The molecule has 1 atom stereocenters. The SMILES string of the molecule is CNC(C)c1ccc(N(CCOC)CC(C)C)cc1Br. The molecule has 114 valence electrons. The fourth-order valence-corrected chi connectivity index (χ4v) is 2.90. The van der Waals surface area contributed by atoms with Gasteiger partial charge in [0, 0.05) is 36.4 Å². The molecule has 1 aromatic rings. The highest BCUT2D eigenvalue weighted by Gasteiger charge is 2.12. The largest absolute Gasteiger partial charge is 0.383 e. The van der Waals surface area contributed by atoms with Crippen LogP contribution in [0.15, 0.2) is 22.7 Å². The van der Waals surface area contributed by atoms with Crippen LogP contribution < -0.4 is 10.2 Å². The summed E-state index contributed by atoms with van der Waals surface area (Å²) in [6, 6.07) is 6.95. The van der Waals surface area contributed by atoms with Gasteiger partial charge in [-0.2, -0.15) is 0 Å². The first-order chi connectivity index (χ1) is 9.49. The lowest BCUT2D eigenvalue weighted by atomic mass is 10.1. The van der Waals surface area contributed by atoms with E-state index >= 15 is 0 Å². The lowest BCUT2D eigenvalue weighted by Crippen LogP contribution is -2.31. The first-order valence-electron chi connectivity index (χ1n) is 7.20. The van der Waals surface area contributed by atoms with Gasteiger partial charge >= 0.3 is 0 Å². The zero-order valence-electron chi connectivity index (χ0n) is 13.2. The highest BCUT2D eigenvalue weighted by atomic mass is 79.9. The van der Waals surface area contributed by atoms with Crippen LogP contribution in [0, 0.1) is 5.92 Å².